The molecule has 0 radical (unpaired) electrons. The number of aromatic nitrogens is 2. The van der Waals surface area contributed by atoms with Gasteiger partial charge in [-0.25, -0.2) is 9.78 Å². The van der Waals surface area contributed by atoms with Gasteiger partial charge in [0.1, 0.15) is 5.82 Å². The molecule has 6 heteroatoms. The monoisotopic (exact) mass is 344 g/mol. The number of fused-ring (bicyclic) bond motifs is 1. The summed E-state index contributed by atoms with van der Waals surface area (Å²) in [5, 5.41) is 2.98. The Kier molecular flexibility index (Phi) is 5.91. The molecule has 1 aliphatic heterocycles. The molecule has 1 saturated heterocycles. The molecule has 2 amide bonds. The summed E-state index contributed by atoms with van der Waals surface area (Å²) < 4.78 is 7.71. The molecule has 136 valence electrons. The molecule has 25 heavy (non-hydrogen) atoms. The van der Waals surface area contributed by atoms with E-state index in [1.54, 1.807) is 4.90 Å². The number of nitrogens with one attached hydrogen (secondary N) is 1. The predicted molar refractivity (Wildman–Crippen MR) is 98.7 cm³/mol. The Morgan fingerprint density at radius 3 is 3.04 bits per heavy atom. The van der Waals surface area contributed by atoms with Crippen molar-refractivity contribution in [2.75, 3.05) is 26.7 Å². The Labute approximate surface area is 149 Å². The third-order valence-corrected chi connectivity index (χ3v) is 4.89. The highest BCUT2D eigenvalue weighted by Crippen LogP contribution is 2.17. The Bertz CT molecular complexity index is 707. The maximum absolute atomic E-state index is 12.2. The number of carbonyl (C=O) groups excluding carboxylic acids is 1. The van der Waals surface area contributed by atoms with Crippen molar-refractivity contribution >= 4 is 17.1 Å². The predicted octanol–water partition coefficient (Wildman–Crippen LogP) is 2.72. The fourth-order valence-corrected chi connectivity index (χ4v) is 3.36. The number of benzene rings is 1. The molecule has 3 rings (SSSR count). The number of hydrogen-bond donors (Lipinski definition) is 1. The van der Waals surface area contributed by atoms with Crippen molar-refractivity contribution in [2.24, 2.45) is 7.05 Å². The second-order valence-electron chi connectivity index (χ2n) is 6.76. The third kappa shape index (κ3) is 4.51. The van der Waals surface area contributed by atoms with Crippen LogP contribution in [-0.2, 0) is 18.2 Å². The number of hydrogen-bond acceptors (Lipinski definition) is 3. The summed E-state index contributed by atoms with van der Waals surface area (Å²) in [5.41, 5.74) is 2.12. The van der Waals surface area contributed by atoms with Gasteiger partial charge < -0.3 is 19.5 Å². The van der Waals surface area contributed by atoms with E-state index >= 15 is 0 Å². The fraction of sp³-hybridized carbons (Fsp3) is 0.579. The van der Waals surface area contributed by atoms with Crippen molar-refractivity contribution in [1.82, 2.24) is 19.8 Å². The summed E-state index contributed by atoms with van der Waals surface area (Å²) in [7, 11) is 3.86. The first-order valence-electron chi connectivity index (χ1n) is 9.16. The molecule has 2 heterocycles. The molecule has 1 aromatic carbocycles. The number of amides is 2. The summed E-state index contributed by atoms with van der Waals surface area (Å²) >= 11 is 0. The van der Waals surface area contributed by atoms with E-state index in [-0.39, 0.29) is 6.03 Å². The van der Waals surface area contributed by atoms with Crippen molar-refractivity contribution in [3.8, 4) is 0 Å². The third-order valence-electron chi connectivity index (χ3n) is 4.89. The molecule has 2 aromatic rings. The average Bonchev–Trinajstić information content (AvgIpc) is 3.24. The molecule has 0 spiro atoms. The van der Waals surface area contributed by atoms with Crippen molar-refractivity contribution in [1.29, 1.82) is 0 Å². The first-order valence-corrected chi connectivity index (χ1v) is 9.16. The lowest BCUT2D eigenvalue weighted by molar-refractivity contribution is 0.100. The van der Waals surface area contributed by atoms with E-state index in [2.05, 4.69) is 20.9 Å². The van der Waals surface area contributed by atoms with Crippen molar-refractivity contribution in [3.05, 3.63) is 30.1 Å². The van der Waals surface area contributed by atoms with E-state index in [1.807, 2.05) is 32.3 Å². The van der Waals surface area contributed by atoms with Crippen LogP contribution in [0.25, 0.3) is 11.0 Å². The highest BCUT2D eigenvalue weighted by molar-refractivity contribution is 5.76. The topological polar surface area (TPSA) is 59.4 Å². The van der Waals surface area contributed by atoms with Crippen molar-refractivity contribution in [2.45, 2.75) is 38.2 Å². The summed E-state index contributed by atoms with van der Waals surface area (Å²) in [4.78, 5) is 18.6. The largest absolute Gasteiger partial charge is 0.378 e. The first kappa shape index (κ1) is 17.7. The second-order valence-corrected chi connectivity index (χ2v) is 6.76. The van der Waals surface area contributed by atoms with E-state index in [0.717, 1.165) is 55.7 Å². The lowest BCUT2D eigenvalue weighted by Gasteiger charge is -2.18. The van der Waals surface area contributed by atoms with Crippen LogP contribution in [0.5, 0.6) is 0 Å². The van der Waals surface area contributed by atoms with Gasteiger partial charge in [-0.1, -0.05) is 12.1 Å². The van der Waals surface area contributed by atoms with E-state index in [9.17, 15) is 4.79 Å². The number of imidazole rings is 1. The number of urea groups is 1. The summed E-state index contributed by atoms with van der Waals surface area (Å²) in [5.74, 6) is 0.988. The molecule has 1 N–H and O–H groups in total. The quantitative estimate of drug-likeness (QED) is 0.840. The van der Waals surface area contributed by atoms with Gasteiger partial charge in [-0.3, -0.25) is 0 Å². The highest BCUT2D eigenvalue weighted by Gasteiger charge is 2.16. The van der Waals surface area contributed by atoms with Gasteiger partial charge in [-0.05, 0) is 37.8 Å². The van der Waals surface area contributed by atoms with Crippen LogP contribution < -0.4 is 5.32 Å². The Hall–Kier alpha value is -2.08. The lowest BCUT2D eigenvalue weighted by Crippen LogP contribution is -2.39. The SMILES string of the molecule is CN(CCC[C@@H]1CCCO1)C(=O)NCCc1nc2ccccc2n1C. The zero-order chi connectivity index (χ0) is 17.6. The normalized spacial score (nSPS) is 17.1. The average molecular weight is 344 g/mol. The lowest BCUT2D eigenvalue weighted by atomic mass is 10.1. The van der Waals surface area contributed by atoms with Gasteiger partial charge in [-0.15, -0.1) is 0 Å². The Morgan fingerprint density at radius 2 is 2.28 bits per heavy atom. The molecular weight excluding hydrogens is 316 g/mol. The van der Waals surface area contributed by atoms with Crippen LogP contribution in [0, 0.1) is 0 Å². The smallest absolute Gasteiger partial charge is 0.317 e. The van der Waals surface area contributed by atoms with E-state index in [1.165, 1.54) is 6.42 Å². The molecule has 0 unspecified atom stereocenters. The minimum atomic E-state index is -0.0221. The summed E-state index contributed by atoms with van der Waals surface area (Å²) in [6.45, 7) is 2.24. The van der Waals surface area contributed by atoms with Crippen LogP contribution in [-0.4, -0.2) is 53.3 Å². The number of rotatable bonds is 7. The van der Waals surface area contributed by atoms with Crippen LogP contribution in [0.4, 0.5) is 4.79 Å². The zero-order valence-electron chi connectivity index (χ0n) is 15.2. The number of ether oxygens (including phenoxy) is 1. The van der Waals surface area contributed by atoms with Gasteiger partial charge in [0.05, 0.1) is 17.1 Å². The standard InChI is InChI=1S/C19H28N4O2/c1-22(13-5-7-15-8-6-14-25-15)19(24)20-12-11-18-21-16-9-3-4-10-17(16)23(18)2/h3-4,9-10,15H,5-8,11-14H2,1-2H3,(H,20,24)/t15-/m1/s1. The van der Waals surface area contributed by atoms with Gasteiger partial charge in [0.25, 0.3) is 0 Å². The molecule has 1 aliphatic rings. The van der Waals surface area contributed by atoms with Gasteiger partial charge >= 0.3 is 6.03 Å². The molecular formula is C19H28N4O2. The molecule has 0 aliphatic carbocycles. The van der Waals surface area contributed by atoms with Gasteiger partial charge in [-0.2, -0.15) is 0 Å². The highest BCUT2D eigenvalue weighted by atomic mass is 16.5. The van der Waals surface area contributed by atoms with E-state index in [0.29, 0.717) is 12.6 Å². The summed E-state index contributed by atoms with van der Waals surface area (Å²) in [6.07, 6.45) is 5.48. The number of para-hydroxylation sites is 2. The fourth-order valence-electron chi connectivity index (χ4n) is 3.36. The van der Waals surface area contributed by atoms with Gasteiger partial charge in [0.2, 0.25) is 0 Å². The maximum atomic E-state index is 12.2. The zero-order valence-corrected chi connectivity index (χ0v) is 15.2. The molecule has 6 nitrogen and oxygen atoms in total. The minimum Gasteiger partial charge on any atom is -0.378 e. The molecule has 0 saturated carbocycles. The molecule has 1 atom stereocenters. The van der Waals surface area contributed by atoms with Crippen LogP contribution in [0.15, 0.2) is 24.3 Å². The second kappa shape index (κ2) is 8.34. The van der Waals surface area contributed by atoms with Gasteiger partial charge in [0.15, 0.2) is 0 Å². The van der Waals surface area contributed by atoms with Crippen LogP contribution >= 0.6 is 0 Å². The van der Waals surface area contributed by atoms with E-state index < -0.39 is 0 Å². The van der Waals surface area contributed by atoms with Gasteiger partial charge in [0, 0.05) is 40.2 Å². The Morgan fingerprint density at radius 1 is 1.44 bits per heavy atom. The van der Waals surface area contributed by atoms with Crippen LogP contribution in [0.3, 0.4) is 0 Å². The number of carbonyl (C=O) groups is 1. The van der Waals surface area contributed by atoms with E-state index in [4.69, 9.17) is 4.74 Å². The van der Waals surface area contributed by atoms with Crippen LogP contribution in [0.2, 0.25) is 0 Å². The van der Waals surface area contributed by atoms with Crippen molar-refractivity contribution in [3.63, 3.8) is 0 Å². The molecule has 1 fully saturated rings. The summed E-state index contributed by atoms with van der Waals surface area (Å²) in [6, 6.07) is 8.06. The van der Waals surface area contributed by atoms with Crippen molar-refractivity contribution < 1.29 is 9.53 Å². The maximum Gasteiger partial charge on any atom is 0.317 e. The number of aryl methyl sites for hydroxylation is 1. The Balaban J connectivity index is 1.39. The number of nitrogens with zero attached hydrogens (tertiary/aromatic N) is 3. The molecule has 1 aromatic heterocycles. The van der Waals surface area contributed by atoms with Crippen LogP contribution in [0.1, 0.15) is 31.5 Å². The minimum absolute atomic E-state index is 0.0221. The molecule has 0 bridgehead atoms. The first-order chi connectivity index (χ1) is 12.1.